The van der Waals surface area contributed by atoms with E-state index in [1.807, 2.05) is 44.2 Å². The number of ketones is 1. The quantitative estimate of drug-likeness (QED) is 0.588. The lowest BCUT2D eigenvalue weighted by Gasteiger charge is -2.30. The molecule has 3 heterocycles. The number of carbonyl (C=O) groups is 3. The van der Waals surface area contributed by atoms with Gasteiger partial charge in [-0.25, -0.2) is 4.90 Å². The number of fused-ring (bicyclic) bond motifs is 3. The highest BCUT2D eigenvalue weighted by molar-refractivity contribution is 6.25. The fraction of sp³-hybridized carbons (Fsp3) is 0.250. The minimum atomic E-state index is -0.809. The molecular weight excluding hydrogens is 378 g/mol. The molecule has 150 valence electrons. The first-order valence-electron chi connectivity index (χ1n) is 10.0. The van der Waals surface area contributed by atoms with Crippen LogP contribution < -0.4 is 4.90 Å². The molecule has 2 saturated heterocycles. The van der Waals surface area contributed by atoms with Crippen molar-refractivity contribution >= 4 is 29.5 Å². The first-order valence-corrected chi connectivity index (χ1v) is 10.0. The lowest BCUT2D eigenvalue weighted by atomic mass is 9.86. The van der Waals surface area contributed by atoms with Gasteiger partial charge >= 0.3 is 0 Å². The Morgan fingerprint density at radius 3 is 2.43 bits per heavy atom. The maximum Gasteiger partial charge on any atom is 0.240 e. The zero-order chi connectivity index (χ0) is 21.0. The first-order chi connectivity index (χ1) is 14.5. The lowest BCUT2D eigenvalue weighted by molar-refractivity contribution is -0.123. The third kappa shape index (κ3) is 2.56. The fourth-order valence-corrected chi connectivity index (χ4v) is 4.90. The number of benzene rings is 2. The van der Waals surface area contributed by atoms with Crippen molar-refractivity contribution in [1.29, 1.82) is 0 Å². The van der Waals surface area contributed by atoms with E-state index in [0.29, 0.717) is 11.3 Å². The Labute approximate surface area is 174 Å². The normalized spacial score (nSPS) is 26.9. The maximum absolute atomic E-state index is 13.6. The summed E-state index contributed by atoms with van der Waals surface area (Å²) in [7, 11) is 0. The van der Waals surface area contributed by atoms with Gasteiger partial charge in [0, 0.05) is 11.8 Å². The molecule has 4 atom stereocenters. The Balaban J connectivity index is 1.60. The van der Waals surface area contributed by atoms with Crippen LogP contribution >= 0.6 is 0 Å². The SMILES string of the molecule is Cc1ccc(N2C(=O)[C@@H]3[C@H](C2=O)[C@@H](C(=O)c2ccccc2)N2N=CC=C[C@@H]32)c(C)c1. The Morgan fingerprint density at radius 1 is 0.967 bits per heavy atom. The molecule has 0 saturated carbocycles. The average molecular weight is 399 g/mol. The molecule has 2 amide bonds. The molecule has 3 aliphatic heterocycles. The number of aryl methyl sites for hydroxylation is 2. The van der Waals surface area contributed by atoms with E-state index >= 15 is 0 Å². The lowest BCUT2D eigenvalue weighted by Crippen LogP contribution is -2.46. The number of Topliss-reactive ketones (excluding diaryl/α,β-unsaturated/α-hetero) is 1. The van der Waals surface area contributed by atoms with Crippen molar-refractivity contribution in [1.82, 2.24) is 5.01 Å². The van der Waals surface area contributed by atoms with Crippen molar-refractivity contribution in [2.75, 3.05) is 4.90 Å². The molecule has 3 aliphatic rings. The van der Waals surface area contributed by atoms with Crippen LogP contribution in [0, 0.1) is 25.7 Å². The third-order valence-electron chi connectivity index (χ3n) is 6.21. The summed E-state index contributed by atoms with van der Waals surface area (Å²) in [6.07, 6.45) is 5.23. The minimum absolute atomic E-state index is 0.191. The van der Waals surface area contributed by atoms with E-state index in [2.05, 4.69) is 5.10 Å². The summed E-state index contributed by atoms with van der Waals surface area (Å²) in [5.74, 6) is -2.19. The number of hydrogen-bond acceptors (Lipinski definition) is 5. The second-order valence-electron chi connectivity index (χ2n) is 8.05. The van der Waals surface area contributed by atoms with E-state index < -0.39 is 23.9 Å². The number of allylic oxidation sites excluding steroid dienone is 1. The summed E-state index contributed by atoms with van der Waals surface area (Å²) >= 11 is 0. The van der Waals surface area contributed by atoms with Gasteiger partial charge in [-0.1, -0.05) is 54.1 Å². The number of imide groups is 1. The number of anilines is 1. The summed E-state index contributed by atoms with van der Waals surface area (Å²) in [5, 5.41) is 6.01. The van der Waals surface area contributed by atoms with Crippen molar-refractivity contribution in [3.8, 4) is 0 Å². The highest BCUT2D eigenvalue weighted by Crippen LogP contribution is 2.46. The number of carbonyl (C=O) groups excluding carboxylic acids is 3. The molecule has 2 aromatic carbocycles. The minimum Gasteiger partial charge on any atom is -0.292 e. The zero-order valence-electron chi connectivity index (χ0n) is 16.7. The van der Waals surface area contributed by atoms with Crippen molar-refractivity contribution in [3.63, 3.8) is 0 Å². The number of hydrogen-bond donors (Lipinski definition) is 0. The van der Waals surface area contributed by atoms with Gasteiger partial charge in [-0.2, -0.15) is 5.10 Å². The number of nitrogens with zero attached hydrogens (tertiary/aromatic N) is 3. The van der Waals surface area contributed by atoms with Crippen LogP contribution in [-0.2, 0) is 9.59 Å². The van der Waals surface area contributed by atoms with Gasteiger partial charge in [0.2, 0.25) is 11.8 Å². The summed E-state index contributed by atoms with van der Waals surface area (Å²) in [6, 6.07) is 13.3. The van der Waals surface area contributed by atoms with E-state index in [1.54, 1.807) is 41.6 Å². The fourth-order valence-electron chi connectivity index (χ4n) is 4.90. The first kappa shape index (κ1) is 18.5. The Hall–Kier alpha value is -3.54. The van der Waals surface area contributed by atoms with Crippen LogP contribution in [0.4, 0.5) is 5.69 Å². The van der Waals surface area contributed by atoms with Crippen LogP contribution in [0.5, 0.6) is 0 Å². The maximum atomic E-state index is 13.6. The zero-order valence-corrected chi connectivity index (χ0v) is 16.7. The van der Waals surface area contributed by atoms with Crippen LogP contribution in [0.25, 0.3) is 0 Å². The monoisotopic (exact) mass is 399 g/mol. The van der Waals surface area contributed by atoms with Gasteiger partial charge in [-0.15, -0.1) is 0 Å². The van der Waals surface area contributed by atoms with Gasteiger partial charge in [0.05, 0.1) is 23.6 Å². The highest BCUT2D eigenvalue weighted by Gasteiger charge is 2.64. The summed E-state index contributed by atoms with van der Waals surface area (Å²) in [5.41, 5.74) is 3.02. The predicted octanol–water partition coefficient (Wildman–Crippen LogP) is 2.90. The summed E-state index contributed by atoms with van der Waals surface area (Å²) in [6.45, 7) is 3.86. The molecule has 0 radical (unpaired) electrons. The number of hydrazone groups is 1. The van der Waals surface area contributed by atoms with E-state index in [0.717, 1.165) is 11.1 Å². The van der Waals surface area contributed by atoms with Crippen molar-refractivity contribution in [2.45, 2.75) is 25.9 Å². The van der Waals surface area contributed by atoms with Gasteiger partial charge < -0.3 is 0 Å². The van der Waals surface area contributed by atoms with Crippen LogP contribution in [-0.4, -0.2) is 40.9 Å². The standard InChI is InChI=1S/C24H21N3O3/c1-14-10-11-17(15(2)13-14)26-23(29)19-18-9-6-12-25-27(18)21(20(19)24(26)30)22(28)16-7-4-3-5-8-16/h3-13,18-21H,1-2H3/t18-,19-,20-,21-/m0/s1. The van der Waals surface area contributed by atoms with Crippen molar-refractivity contribution in [2.24, 2.45) is 16.9 Å². The molecule has 30 heavy (non-hydrogen) atoms. The van der Waals surface area contributed by atoms with Crippen LogP contribution in [0.2, 0.25) is 0 Å². The summed E-state index contributed by atoms with van der Waals surface area (Å²) in [4.78, 5) is 41.8. The molecule has 2 fully saturated rings. The molecule has 0 unspecified atom stereocenters. The third-order valence-corrected chi connectivity index (χ3v) is 6.21. The molecule has 2 aromatic rings. The predicted molar refractivity (Wildman–Crippen MR) is 113 cm³/mol. The van der Waals surface area contributed by atoms with Crippen LogP contribution in [0.15, 0.2) is 65.8 Å². The second-order valence-corrected chi connectivity index (χ2v) is 8.05. The van der Waals surface area contributed by atoms with E-state index in [-0.39, 0.29) is 17.6 Å². The van der Waals surface area contributed by atoms with Crippen LogP contribution in [0.3, 0.4) is 0 Å². The average Bonchev–Trinajstić information content (AvgIpc) is 3.22. The van der Waals surface area contributed by atoms with Gasteiger partial charge in [0.15, 0.2) is 5.78 Å². The largest absolute Gasteiger partial charge is 0.292 e. The molecule has 6 heteroatoms. The molecule has 5 rings (SSSR count). The second kappa shape index (κ2) is 6.76. The number of amides is 2. The smallest absolute Gasteiger partial charge is 0.240 e. The Kier molecular flexibility index (Phi) is 4.17. The van der Waals surface area contributed by atoms with Gasteiger partial charge in [-0.3, -0.25) is 19.4 Å². The highest BCUT2D eigenvalue weighted by atomic mass is 16.2. The molecule has 0 N–H and O–H groups in total. The van der Waals surface area contributed by atoms with E-state index in [1.165, 1.54) is 4.90 Å². The van der Waals surface area contributed by atoms with Gasteiger partial charge in [-0.05, 0) is 31.6 Å². The van der Waals surface area contributed by atoms with Gasteiger partial charge in [0.1, 0.15) is 6.04 Å². The molecular formula is C24H21N3O3. The molecule has 6 nitrogen and oxygen atoms in total. The van der Waals surface area contributed by atoms with E-state index in [4.69, 9.17) is 0 Å². The molecule has 0 aromatic heterocycles. The molecule has 0 aliphatic carbocycles. The van der Waals surface area contributed by atoms with Crippen molar-refractivity contribution < 1.29 is 14.4 Å². The number of rotatable bonds is 3. The van der Waals surface area contributed by atoms with E-state index in [9.17, 15) is 14.4 Å². The molecule has 0 bridgehead atoms. The van der Waals surface area contributed by atoms with Crippen LogP contribution in [0.1, 0.15) is 21.5 Å². The Morgan fingerprint density at radius 2 is 1.70 bits per heavy atom. The molecule has 0 spiro atoms. The topological polar surface area (TPSA) is 70.1 Å². The van der Waals surface area contributed by atoms with Crippen molar-refractivity contribution in [3.05, 3.63) is 77.4 Å². The van der Waals surface area contributed by atoms with Gasteiger partial charge in [0.25, 0.3) is 0 Å². The Bertz CT molecular complexity index is 1120. The summed E-state index contributed by atoms with van der Waals surface area (Å²) < 4.78 is 0.